The highest BCUT2D eigenvalue weighted by molar-refractivity contribution is 6.02. The average molecular weight is 390 g/mol. The first kappa shape index (κ1) is 18.7. The summed E-state index contributed by atoms with van der Waals surface area (Å²) in [5, 5.41) is 3.36. The number of fused-ring (bicyclic) bond motifs is 1. The van der Waals surface area contributed by atoms with Crippen molar-refractivity contribution >= 4 is 17.5 Å². The number of benzene rings is 2. The summed E-state index contributed by atoms with van der Waals surface area (Å²) in [7, 11) is 3.16. The number of methoxy groups -OCH3 is 2. The summed E-state index contributed by atoms with van der Waals surface area (Å²) in [4.78, 5) is 13.3. The normalized spacial score (nSPS) is 17.7. The second-order valence-corrected chi connectivity index (χ2v) is 6.74. The first-order valence-electron chi connectivity index (χ1n) is 9.03. The second-order valence-electron chi connectivity index (χ2n) is 6.74. The van der Waals surface area contributed by atoms with Crippen LogP contribution in [0.2, 0.25) is 0 Å². The SMILES string of the molecule is COc1cc2c(cc1OC)C(N)(c1nc(N)ncc1C)NC(c1ccccc1)=N2. The Hall–Kier alpha value is -3.65. The maximum atomic E-state index is 6.97. The molecule has 0 saturated carbocycles. The number of hydrogen-bond donors (Lipinski definition) is 3. The summed E-state index contributed by atoms with van der Waals surface area (Å²) in [6.07, 6.45) is 1.66. The van der Waals surface area contributed by atoms with Crippen molar-refractivity contribution in [2.45, 2.75) is 12.6 Å². The van der Waals surface area contributed by atoms with Crippen molar-refractivity contribution in [2.75, 3.05) is 20.0 Å². The fraction of sp³-hybridized carbons (Fsp3) is 0.190. The van der Waals surface area contributed by atoms with Gasteiger partial charge in [-0.3, -0.25) is 5.73 Å². The zero-order chi connectivity index (χ0) is 20.6. The van der Waals surface area contributed by atoms with Crippen LogP contribution >= 0.6 is 0 Å². The molecule has 29 heavy (non-hydrogen) atoms. The smallest absolute Gasteiger partial charge is 0.220 e. The van der Waals surface area contributed by atoms with Crippen molar-refractivity contribution in [3.05, 3.63) is 71.0 Å². The molecule has 0 amide bonds. The van der Waals surface area contributed by atoms with Crippen molar-refractivity contribution in [3.63, 3.8) is 0 Å². The minimum atomic E-state index is -1.21. The molecule has 0 spiro atoms. The topological polar surface area (TPSA) is 121 Å². The number of nitrogens with two attached hydrogens (primary N) is 2. The molecule has 0 aliphatic carbocycles. The number of aromatic nitrogens is 2. The van der Waals surface area contributed by atoms with E-state index in [1.807, 2.05) is 43.3 Å². The van der Waals surface area contributed by atoms with Crippen LogP contribution in [-0.2, 0) is 5.66 Å². The highest BCUT2D eigenvalue weighted by Gasteiger charge is 2.40. The van der Waals surface area contributed by atoms with E-state index in [-0.39, 0.29) is 5.95 Å². The van der Waals surface area contributed by atoms with E-state index >= 15 is 0 Å². The van der Waals surface area contributed by atoms with E-state index < -0.39 is 5.66 Å². The van der Waals surface area contributed by atoms with E-state index in [4.69, 9.17) is 25.9 Å². The number of rotatable bonds is 4. The molecule has 8 nitrogen and oxygen atoms in total. The number of ether oxygens (including phenoxy) is 2. The molecule has 148 valence electrons. The maximum absolute atomic E-state index is 6.97. The third-order valence-corrected chi connectivity index (χ3v) is 4.89. The van der Waals surface area contributed by atoms with E-state index in [1.54, 1.807) is 26.5 Å². The van der Waals surface area contributed by atoms with Crippen LogP contribution in [0.3, 0.4) is 0 Å². The third kappa shape index (κ3) is 3.13. The number of aryl methyl sites for hydroxylation is 1. The summed E-state index contributed by atoms with van der Waals surface area (Å²) in [6, 6.07) is 13.4. The van der Waals surface area contributed by atoms with Crippen molar-refractivity contribution < 1.29 is 9.47 Å². The largest absolute Gasteiger partial charge is 0.493 e. The zero-order valence-corrected chi connectivity index (χ0v) is 16.4. The first-order valence-corrected chi connectivity index (χ1v) is 9.03. The molecule has 0 bridgehead atoms. The van der Waals surface area contributed by atoms with Crippen LogP contribution in [0.25, 0.3) is 0 Å². The highest BCUT2D eigenvalue weighted by Crippen LogP contribution is 2.43. The molecular weight excluding hydrogens is 368 g/mol. The second kappa shape index (κ2) is 7.06. The maximum Gasteiger partial charge on any atom is 0.220 e. The van der Waals surface area contributed by atoms with Gasteiger partial charge in [0.05, 0.1) is 25.6 Å². The molecule has 5 N–H and O–H groups in total. The van der Waals surface area contributed by atoms with Gasteiger partial charge in [0.15, 0.2) is 17.2 Å². The number of anilines is 1. The van der Waals surface area contributed by atoms with Gasteiger partial charge >= 0.3 is 0 Å². The Morgan fingerprint density at radius 1 is 1.03 bits per heavy atom. The van der Waals surface area contributed by atoms with Gasteiger partial charge in [0.1, 0.15) is 5.84 Å². The standard InChI is InChI=1S/C21H22N6O2/c1-12-11-24-20(22)26-18(12)21(23)14-9-16(28-2)17(29-3)10-15(14)25-19(27-21)13-7-5-4-6-8-13/h4-11H,23H2,1-3H3,(H,25,27)(H2,22,24,26). The predicted octanol–water partition coefficient (Wildman–Crippen LogP) is 2.23. The fourth-order valence-electron chi connectivity index (χ4n) is 3.45. The average Bonchev–Trinajstić information content (AvgIpc) is 2.75. The van der Waals surface area contributed by atoms with Crippen LogP contribution in [0.5, 0.6) is 11.5 Å². The molecule has 0 saturated heterocycles. The lowest BCUT2D eigenvalue weighted by Gasteiger charge is -2.37. The van der Waals surface area contributed by atoms with Gasteiger partial charge in [0, 0.05) is 23.4 Å². The molecule has 0 fully saturated rings. The molecule has 1 aliphatic rings. The van der Waals surface area contributed by atoms with E-state index in [0.29, 0.717) is 34.3 Å². The van der Waals surface area contributed by atoms with Crippen molar-refractivity contribution in [3.8, 4) is 11.5 Å². The van der Waals surface area contributed by atoms with E-state index in [9.17, 15) is 0 Å². The van der Waals surface area contributed by atoms with Crippen LogP contribution in [0.1, 0.15) is 22.4 Å². The monoisotopic (exact) mass is 390 g/mol. The molecule has 1 unspecified atom stereocenters. The molecular formula is C21H22N6O2. The molecule has 2 heterocycles. The Morgan fingerprint density at radius 2 is 1.72 bits per heavy atom. The van der Waals surface area contributed by atoms with Crippen LogP contribution in [0, 0.1) is 6.92 Å². The van der Waals surface area contributed by atoms with Crippen molar-refractivity contribution in [1.29, 1.82) is 0 Å². The molecule has 1 atom stereocenters. The zero-order valence-electron chi connectivity index (χ0n) is 16.4. The van der Waals surface area contributed by atoms with Gasteiger partial charge < -0.3 is 20.5 Å². The third-order valence-electron chi connectivity index (χ3n) is 4.89. The highest BCUT2D eigenvalue weighted by atomic mass is 16.5. The Balaban J connectivity index is 2.00. The van der Waals surface area contributed by atoms with Gasteiger partial charge in [-0.15, -0.1) is 0 Å². The molecule has 8 heteroatoms. The van der Waals surface area contributed by atoms with E-state index in [0.717, 1.165) is 11.1 Å². The number of nitrogens with one attached hydrogen (secondary N) is 1. The molecule has 1 aliphatic heterocycles. The molecule has 1 aromatic heterocycles. The number of hydrogen-bond acceptors (Lipinski definition) is 8. The van der Waals surface area contributed by atoms with Crippen molar-refractivity contribution in [1.82, 2.24) is 15.3 Å². The quantitative estimate of drug-likeness (QED) is 0.624. The Kier molecular flexibility index (Phi) is 4.56. The molecule has 2 aromatic carbocycles. The minimum absolute atomic E-state index is 0.142. The van der Waals surface area contributed by atoms with Crippen LogP contribution < -0.4 is 26.3 Å². The van der Waals surface area contributed by atoms with Crippen LogP contribution in [0.4, 0.5) is 11.6 Å². The Morgan fingerprint density at radius 3 is 2.41 bits per heavy atom. The van der Waals surface area contributed by atoms with Gasteiger partial charge in [-0.05, 0) is 18.6 Å². The number of nitrogens with zero attached hydrogens (tertiary/aromatic N) is 3. The summed E-state index contributed by atoms with van der Waals surface area (Å²) in [5.74, 6) is 1.86. The number of nitrogen functional groups attached to an aromatic ring is 1. The summed E-state index contributed by atoms with van der Waals surface area (Å²) < 4.78 is 10.9. The fourth-order valence-corrected chi connectivity index (χ4v) is 3.45. The van der Waals surface area contributed by atoms with Gasteiger partial charge in [-0.25, -0.2) is 15.0 Å². The summed E-state index contributed by atoms with van der Waals surface area (Å²) in [5.41, 5.74) is 15.2. The number of amidine groups is 1. The lowest BCUT2D eigenvalue weighted by atomic mass is 9.89. The summed E-state index contributed by atoms with van der Waals surface area (Å²) >= 11 is 0. The predicted molar refractivity (Wildman–Crippen MR) is 111 cm³/mol. The lowest BCUT2D eigenvalue weighted by molar-refractivity contribution is 0.352. The van der Waals surface area contributed by atoms with Crippen LogP contribution in [-0.4, -0.2) is 30.0 Å². The van der Waals surface area contributed by atoms with Gasteiger partial charge in [-0.2, -0.15) is 0 Å². The van der Waals surface area contributed by atoms with Gasteiger partial charge in [-0.1, -0.05) is 30.3 Å². The molecule has 3 aromatic rings. The van der Waals surface area contributed by atoms with Gasteiger partial charge in [0.2, 0.25) is 5.95 Å². The summed E-state index contributed by atoms with van der Waals surface area (Å²) in [6.45, 7) is 1.89. The first-order chi connectivity index (χ1) is 14.0. The molecule has 0 radical (unpaired) electrons. The van der Waals surface area contributed by atoms with E-state index in [2.05, 4.69) is 15.3 Å². The van der Waals surface area contributed by atoms with Crippen molar-refractivity contribution in [2.24, 2.45) is 10.7 Å². The van der Waals surface area contributed by atoms with Gasteiger partial charge in [0.25, 0.3) is 0 Å². The lowest BCUT2D eigenvalue weighted by Crippen LogP contribution is -2.56. The number of aliphatic imine (C=N–C) groups is 1. The Labute approximate surface area is 168 Å². The van der Waals surface area contributed by atoms with E-state index in [1.165, 1.54) is 0 Å². The minimum Gasteiger partial charge on any atom is -0.493 e. The van der Waals surface area contributed by atoms with Crippen LogP contribution in [0.15, 0.2) is 53.7 Å². The molecule has 4 rings (SSSR count). The Bertz CT molecular complexity index is 1100.